The van der Waals surface area contributed by atoms with Gasteiger partial charge < -0.3 is 4.74 Å². The first-order valence-electron chi connectivity index (χ1n) is 6.39. The van der Waals surface area contributed by atoms with Gasteiger partial charge in [-0.2, -0.15) is 0 Å². The lowest BCUT2D eigenvalue weighted by Gasteiger charge is -2.10. The summed E-state index contributed by atoms with van der Waals surface area (Å²) in [6.07, 6.45) is 1.54. The smallest absolute Gasteiger partial charge is 0.334 e. The second-order valence-electron chi connectivity index (χ2n) is 4.74. The topological polar surface area (TPSA) is 65.3 Å². The third-order valence-corrected chi connectivity index (χ3v) is 2.94. The van der Waals surface area contributed by atoms with Gasteiger partial charge in [0.1, 0.15) is 6.61 Å². The van der Waals surface area contributed by atoms with Gasteiger partial charge in [0.25, 0.3) is 5.88 Å². The van der Waals surface area contributed by atoms with E-state index in [-0.39, 0.29) is 24.1 Å². The highest BCUT2D eigenvalue weighted by molar-refractivity contribution is 5.49. The molecule has 5 heteroatoms. The maximum atomic E-state index is 11.2. The Balaban J connectivity index is 2.27. The average Bonchev–Trinajstić information content (AvgIpc) is 2.45. The van der Waals surface area contributed by atoms with E-state index in [4.69, 9.17) is 4.74 Å². The molecule has 0 saturated heterocycles. The van der Waals surface area contributed by atoms with Crippen LogP contribution in [0.15, 0.2) is 42.6 Å². The van der Waals surface area contributed by atoms with Gasteiger partial charge in [0, 0.05) is 11.8 Å². The maximum Gasteiger partial charge on any atom is 0.334 e. The normalized spacial score (nSPS) is 10.6. The fraction of sp³-hybridized carbons (Fsp3) is 0.267. The third-order valence-electron chi connectivity index (χ3n) is 2.94. The van der Waals surface area contributed by atoms with Crippen LogP contribution < -0.4 is 4.74 Å². The highest BCUT2D eigenvalue weighted by Gasteiger charge is 2.24. The first kappa shape index (κ1) is 14.0. The fourth-order valence-corrected chi connectivity index (χ4v) is 1.93. The minimum atomic E-state index is -0.428. The van der Waals surface area contributed by atoms with Crippen molar-refractivity contribution in [2.45, 2.75) is 26.4 Å². The molecule has 0 amide bonds. The summed E-state index contributed by atoms with van der Waals surface area (Å²) in [5.74, 6) is 0.113. The molecule has 0 aliphatic heterocycles. The van der Waals surface area contributed by atoms with E-state index in [1.165, 1.54) is 0 Å². The van der Waals surface area contributed by atoms with Crippen LogP contribution in [0.5, 0.6) is 5.88 Å². The van der Waals surface area contributed by atoms with Crippen molar-refractivity contribution >= 4 is 5.69 Å². The van der Waals surface area contributed by atoms with E-state index in [1.807, 2.05) is 44.2 Å². The maximum absolute atomic E-state index is 11.2. The molecule has 20 heavy (non-hydrogen) atoms. The summed E-state index contributed by atoms with van der Waals surface area (Å²) < 4.78 is 5.52. The van der Waals surface area contributed by atoms with E-state index in [0.717, 1.165) is 5.56 Å². The number of aromatic nitrogens is 1. The van der Waals surface area contributed by atoms with E-state index in [1.54, 1.807) is 12.3 Å². The van der Waals surface area contributed by atoms with Crippen molar-refractivity contribution in [3.8, 4) is 5.88 Å². The lowest BCUT2D eigenvalue weighted by atomic mass is 10.0. The van der Waals surface area contributed by atoms with Crippen LogP contribution in [0.3, 0.4) is 0 Å². The van der Waals surface area contributed by atoms with Crippen LogP contribution in [0.1, 0.15) is 30.9 Å². The molecule has 2 aromatic rings. The summed E-state index contributed by atoms with van der Waals surface area (Å²) in [5.41, 5.74) is 1.53. The van der Waals surface area contributed by atoms with Crippen LogP contribution in [0.2, 0.25) is 0 Å². The van der Waals surface area contributed by atoms with Crippen LogP contribution in [-0.4, -0.2) is 9.91 Å². The lowest BCUT2D eigenvalue weighted by Crippen LogP contribution is -2.04. The molecule has 2 rings (SSSR count). The molecule has 0 spiro atoms. The molecular weight excluding hydrogens is 256 g/mol. The molecule has 0 fully saturated rings. The molecule has 0 N–H and O–H groups in total. The van der Waals surface area contributed by atoms with Gasteiger partial charge in [0.15, 0.2) is 0 Å². The molecule has 104 valence electrons. The Hall–Kier alpha value is -2.43. The molecule has 0 aliphatic carbocycles. The number of hydrogen-bond acceptors (Lipinski definition) is 4. The SMILES string of the molecule is CC(C)c1ccnc(OCc2ccccc2)c1[N+](=O)[O-]. The number of pyridine rings is 1. The van der Waals surface area contributed by atoms with Crippen LogP contribution in [0.4, 0.5) is 5.69 Å². The summed E-state index contributed by atoms with van der Waals surface area (Å²) >= 11 is 0. The molecule has 0 aliphatic rings. The number of nitro groups is 1. The Labute approximate surface area is 117 Å². The zero-order chi connectivity index (χ0) is 14.5. The van der Waals surface area contributed by atoms with Gasteiger partial charge in [-0.3, -0.25) is 10.1 Å². The summed E-state index contributed by atoms with van der Waals surface area (Å²) in [7, 11) is 0. The second kappa shape index (κ2) is 6.14. The first-order chi connectivity index (χ1) is 9.59. The Morgan fingerprint density at radius 2 is 1.95 bits per heavy atom. The number of ether oxygens (including phenoxy) is 1. The fourth-order valence-electron chi connectivity index (χ4n) is 1.93. The predicted octanol–water partition coefficient (Wildman–Crippen LogP) is 3.69. The van der Waals surface area contributed by atoms with Crippen molar-refractivity contribution in [1.82, 2.24) is 4.98 Å². The molecule has 5 nitrogen and oxygen atoms in total. The molecule has 0 saturated carbocycles. The highest BCUT2D eigenvalue weighted by Crippen LogP contribution is 2.33. The Morgan fingerprint density at radius 1 is 1.25 bits per heavy atom. The molecular formula is C15H16N2O3. The Bertz CT molecular complexity index is 597. The van der Waals surface area contributed by atoms with Gasteiger partial charge in [-0.05, 0) is 17.5 Å². The average molecular weight is 272 g/mol. The van der Waals surface area contributed by atoms with Crippen LogP contribution in [-0.2, 0) is 6.61 Å². The van der Waals surface area contributed by atoms with Crippen LogP contribution in [0, 0.1) is 10.1 Å². The molecule has 1 heterocycles. The van der Waals surface area contributed by atoms with Crippen molar-refractivity contribution in [3.63, 3.8) is 0 Å². The summed E-state index contributed by atoms with van der Waals surface area (Å²) in [6, 6.07) is 11.2. The second-order valence-corrected chi connectivity index (χ2v) is 4.74. The van der Waals surface area contributed by atoms with Gasteiger partial charge >= 0.3 is 5.69 Å². The van der Waals surface area contributed by atoms with Gasteiger partial charge in [-0.25, -0.2) is 4.98 Å². The quantitative estimate of drug-likeness (QED) is 0.615. The lowest BCUT2D eigenvalue weighted by molar-refractivity contribution is -0.387. The summed E-state index contributed by atoms with van der Waals surface area (Å²) in [5, 5.41) is 11.2. The van der Waals surface area contributed by atoms with Gasteiger partial charge in [0.2, 0.25) is 0 Å². The molecule has 1 aromatic heterocycles. The van der Waals surface area contributed by atoms with Gasteiger partial charge in [0.05, 0.1) is 4.92 Å². The minimum absolute atomic E-state index is 0.0393. The molecule has 0 radical (unpaired) electrons. The Morgan fingerprint density at radius 3 is 2.55 bits per heavy atom. The van der Waals surface area contributed by atoms with Crippen molar-refractivity contribution in [1.29, 1.82) is 0 Å². The highest BCUT2D eigenvalue weighted by atomic mass is 16.6. The standard InChI is InChI=1S/C15H16N2O3/c1-11(2)13-8-9-16-15(14(13)17(18)19)20-10-12-6-4-3-5-7-12/h3-9,11H,10H2,1-2H3. The van der Waals surface area contributed by atoms with E-state index in [2.05, 4.69) is 4.98 Å². The largest absolute Gasteiger partial charge is 0.468 e. The van der Waals surface area contributed by atoms with Gasteiger partial charge in [-0.1, -0.05) is 44.2 Å². The zero-order valence-electron chi connectivity index (χ0n) is 11.4. The number of benzene rings is 1. The molecule has 1 aromatic carbocycles. The molecule has 0 unspecified atom stereocenters. The van der Waals surface area contributed by atoms with E-state index >= 15 is 0 Å². The number of hydrogen-bond donors (Lipinski definition) is 0. The predicted molar refractivity (Wildman–Crippen MR) is 75.8 cm³/mol. The summed E-state index contributed by atoms with van der Waals surface area (Å²) in [6.45, 7) is 4.07. The van der Waals surface area contributed by atoms with Crippen LogP contribution >= 0.6 is 0 Å². The summed E-state index contributed by atoms with van der Waals surface area (Å²) in [4.78, 5) is 14.8. The third kappa shape index (κ3) is 3.12. The monoisotopic (exact) mass is 272 g/mol. The first-order valence-corrected chi connectivity index (χ1v) is 6.39. The minimum Gasteiger partial charge on any atom is -0.468 e. The zero-order valence-corrected chi connectivity index (χ0v) is 11.4. The van der Waals surface area contributed by atoms with Gasteiger partial charge in [-0.15, -0.1) is 0 Å². The van der Waals surface area contributed by atoms with Crippen LogP contribution in [0.25, 0.3) is 0 Å². The van der Waals surface area contributed by atoms with Crippen molar-refractivity contribution in [3.05, 3.63) is 63.8 Å². The van der Waals surface area contributed by atoms with Crippen molar-refractivity contribution in [2.75, 3.05) is 0 Å². The Kier molecular flexibility index (Phi) is 4.30. The van der Waals surface area contributed by atoms with E-state index in [9.17, 15) is 10.1 Å². The van der Waals surface area contributed by atoms with Crippen molar-refractivity contribution < 1.29 is 9.66 Å². The van der Waals surface area contributed by atoms with E-state index in [0.29, 0.717) is 5.56 Å². The molecule has 0 atom stereocenters. The van der Waals surface area contributed by atoms with Crippen molar-refractivity contribution in [2.24, 2.45) is 0 Å². The molecule has 0 bridgehead atoms. The number of rotatable bonds is 5. The number of nitrogens with zero attached hydrogens (tertiary/aromatic N) is 2. The van der Waals surface area contributed by atoms with E-state index < -0.39 is 4.92 Å².